The second-order valence-electron chi connectivity index (χ2n) is 5.39. The van der Waals surface area contributed by atoms with E-state index in [1.165, 1.54) is 10.5 Å². The first-order valence-electron chi connectivity index (χ1n) is 7.00. The number of thioether (sulfide) groups is 1. The Balaban J connectivity index is 1.72. The van der Waals surface area contributed by atoms with Crippen LogP contribution in [0.1, 0.15) is 19.4 Å². The number of ether oxygens (including phenoxy) is 1. The summed E-state index contributed by atoms with van der Waals surface area (Å²) in [5.74, 6) is 1.47. The lowest BCUT2D eigenvalue weighted by Crippen LogP contribution is -2.18. The maximum absolute atomic E-state index is 10.9. The van der Waals surface area contributed by atoms with Gasteiger partial charge in [0, 0.05) is 17.2 Å². The molecule has 2 rings (SSSR count). The number of carbonyl (C=O) groups is 1. The molecule has 110 valence electrons. The van der Waals surface area contributed by atoms with Crippen molar-refractivity contribution in [2.75, 3.05) is 18.8 Å². The third-order valence-corrected chi connectivity index (χ3v) is 4.13. The smallest absolute Gasteiger partial charge is 0.407 e. The molecule has 0 bridgehead atoms. The third-order valence-electron chi connectivity index (χ3n) is 2.99. The largest absolute Gasteiger partial charge is 0.443 e. The summed E-state index contributed by atoms with van der Waals surface area (Å²) in [6.07, 6.45) is -0.318. The molecule has 5 heteroatoms. The van der Waals surface area contributed by atoms with Gasteiger partial charge < -0.3 is 15.4 Å². The Morgan fingerprint density at radius 3 is 2.75 bits per heavy atom. The van der Waals surface area contributed by atoms with Crippen molar-refractivity contribution in [1.82, 2.24) is 10.6 Å². The summed E-state index contributed by atoms with van der Waals surface area (Å²) < 4.78 is 5.10. The molecule has 0 radical (unpaired) electrons. The van der Waals surface area contributed by atoms with Gasteiger partial charge in [0.05, 0.1) is 6.54 Å². The minimum atomic E-state index is -0.304. The monoisotopic (exact) mass is 294 g/mol. The van der Waals surface area contributed by atoms with Crippen molar-refractivity contribution >= 4 is 17.9 Å². The van der Waals surface area contributed by atoms with Crippen LogP contribution in [-0.2, 0) is 11.3 Å². The highest BCUT2D eigenvalue weighted by molar-refractivity contribution is 7.99. The normalized spacial score (nSPS) is 18.1. The molecule has 1 aromatic carbocycles. The Kier molecular flexibility index (Phi) is 5.73. The van der Waals surface area contributed by atoms with Crippen LogP contribution in [0.5, 0.6) is 0 Å². The van der Waals surface area contributed by atoms with Crippen LogP contribution in [0, 0.1) is 5.92 Å². The highest BCUT2D eigenvalue weighted by atomic mass is 32.2. The first-order valence-corrected chi connectivity index (χ1v) is 7.99. The van der Waals surface area contributed by atoms with Crippen molar-refractivity contribution in [2.24, 2.45) is 5.92 Å². The number of alkyl carbamates (subject to hydrolysis) is 1. The van der Waals surface area contributed by atoms with Gasteiger partial charge in [0.2, 0.25) is 0 Å². The molecule has 1 aliphatic heterocycles. The molecule has 0 aromatic heterocycles. The van der Waals surface area contributed by atoms with Crippen LogP contribution < -0.4 is 10.6 Å². The third kappa shape index (κ3) is 5.06. The highest BCUT2D eigenvalue weighted by Crippen LogP contribution is 2.21. The number of nitrogens with one attached hydrogen (secondary N) is 2. The van der Waals surface area contributed by atoms with E-state index in [0.29, 0.717) is 12.5 Å². The van der Waals surface area contributed by atoms with Gasteiger partial charge in [-0.15, -0.1) is 11.8 Å². The topological polar surface area (TPSA) is 50.4 Å². The molecule has 1 heterocycles. The van der Waals surface area contributed by atoms with Crippen molar-refractivity contribution in [3.05, 3.63) is 29.8 Å². The lowest BCUT2D eigenvalue weighted by atomic mass is 10.2. The summed E-state index contributed by atoms with van der Waals surface area (Å²) in [5, 5.41) is 6.09. The van der Waals surface area contributed by atoms with E-state index in [2.05, 4.69) is 48.7 Å². The lowest BCUT2D eigenvalue weighted by molar-refractivity contribution is 0.150. The van der Waals surface area contributed by atoms with Crippen molar-refractivity contribution < 1.29 is 9.53 Å². The van der Waals surface area contributed by atoms with Crippen LogP contribution in [0.3, 0.4) is 0 Å². The van der Waals surface area contributed by atoms with Gasteiger partial charge in [-0.05, 0) is 30.2 Å². The number of cyclic esters (lactones) is 1. The van der Waals surface area contributed by atoms with Gasteiger partial charge in [-0.2, -0.15) is 0 Å². The SMILES string of the molecule is CC(C)CNCc1ccc(SCC2CNC(=O)O2)cc1. The van der Waals surface area contributed by atoms with Gasteiger partial charge in [-0.25, -0.2) is 4.79 Å². The van der Waals surface area contributed by atoms with E-state index in [1.54, 1.807) is 11.8 Å². The Morgan fingerprint density at radius 2 is 2.15 bits per heavy atom. The molecule has 0 spiro atoms. The fraction of sp³-hybridized carbons (Fsp3) is 0.533. The molecule has 1 unspecified atom stereocenters. The number of hydrogen-bond acceptors (Lipinski definition) is 4. The van der Waals surface area contributed by atoms with E-state index in [4.69, 9.17) is 4.74 Å². The molecule has 4 nitrogen and oxygen atoms in total. The second kappa shape index (κ2) is 7.55. The first kappa shape index (κ1) is 15.2. The average molecular weight is 294 g/mol. The highest BCUT2D eigenvalue weighted by Gasteiger charge is 2.22. The van der Waals surface area contributed by atoms with Crippen LogP contribution in [0.25, 0.3) is 0 Å². The molecule has 1 aliphatic rings. The molecular formula is C15H22N2O2S. The van der Waals surface area contributed by atoms with E-state index >= 15 is 0 Å². The molecule has 0 aliphatic carbocycles. The first-order chi connectivity index (χ1) is 9.63. The van der Waals surface area contributed by atoms with Gasteiger partial charge in [-0.3, -0.25) is 0 Å². The summed E-state index contributed by atoms with van der Waals surface area (Å²) >= 11 is 1.72. The second-order valence-corrected chi connectivity index (χ2v) is 6.48. The average Bonchev–Trinajstić information content (AvgIpc) is 2.83. The van der Waals surface area contributed by atoms with Crippen LogP contribution >= 0.6 is 11.8 Å². The number of amides is 1. The Bertz CT molecular complexity index is 434. The van der Waals surface area contributed by atoms with Gasteiger partial charge in [-0.1, -0.05) is 26.0 Å². The van der Waals surface area contributed by atoms with Crippen molar-refractivity contribution in [1.29, 1.82) is 0 Å². The van der Waals surface area contributed by atoms with E-state index in [-0.39, 0.29) is 12.2 Å². The minimum Gasteiger partial charge on any atom is -0.443 e. The van der Waals surface area contributed by atoms with Gasteiger partial charge >= 0.3 is 6.09 Å². The van der Waals surface area contributed by atoms with Crippen molar-refractivity contribution in [3.8, 4) is 0 Å². The maximum atomic E-state index is 10.9. The quantitative estimate of drug-likeness (QED) is 0.759. The molecule has 1 fully saturated rings. The van der Waals surface area contributed by atoms with Crippen LogP contribution in [0.4, 0.5) is 4.79 Å². The summed E-state index contributed by atoms with van der Waals surface area (Å²) in [5.41, 5.74) is 1.30. The zero-order chi connectivity index (χ0) is 14.4. The molecule has 2 N–H and O–H groups in total. The van der Waals surface area contributed by atoms with E-state index < -0.39 is 0 Å². The predicted molar refractivity (Wildman–Crippen MR) is 82.0 cm³/mol. The zero-order valence-corrected chi connectivity index (χ0v) is 12.8. The lowest BCUT2D eigenvalue weighted by Gasteiger charge is -2.09. The van der Waals surface area contributed by atoms with Gasteiger partial charge in [0.25, 0.3) is 0 Å². The Hall–Kier alpha value is -1.20. The predicted octanol–water partition coefficient (Wildman–Crippen LogP) is 2.63. The molecule has 1 saturated heterocycles. The molecule has 1 atom stereocenters. The number of hydrogen-bond donors (Lipinski definition) is 2. The fourth-order valence-corrected chi connectivity index (χ4v) is 2.82. The Labute approximate surface area is 124 Å². The van der Waals surface area contributed by atoms with Gasteiger partial charge in [0.15, 0.2) is 0 Å². The maximum Gasteiger partial charge on any atom is 0.407 e. The van der Waals surface area contributed by atoms with Crippen LogP contribution in [0.15, 0.2) is 29.2 Å². The molecule has 1 aromatic rings. The minimum absolute atomic E-state index is 0.0140. The Morgan fingerprint density at radius 1 is 1.40 bits per heavy atom. The van der Waals surface area contributed by atoms with E-state index in [0.717, 1.165) is 18.8 Å². The van der Waals surface area contributed by atoms with E-state index in [9.17, 15) is 4.79 Å². The number of benzene rings is 1. The zero-order valence-electron chi connectivity index (χ0n) is 12.0. The van der Waals surface area contributed by atoms with Gasteiger partial charge in [0.1, 0.15) is 6.10 Å². The fourth-order valence-electron chi connectivity index (χ4n) is 1.92. The molecule has 0 saturated carbocycles. The summed E-state index contributed by atoms with van der Waals surface area (Å²) in [6, 6.07) is 8.55. The van der Waals surface area contributed by atoms with Crippen molar-refractivity contribution in [2.45, 2.75) is 31.4 Å². The summed E-state index contributed by atoms with van der Waals surface area (Å²) in [6.45, 7) is 6.97. The standard InChI is InChI=1S/C15H22N2O2S/c1-11(2)7-16-8-12-3-5-14(6-4-12)20-10-13-9-17-15(18)19-13/h3-6,11,13,16H,7-10H2,1-2H3,(H,17,18). The van der Waals surface area contributed by atoms with Crippen LogP contribution in [-0.4, -0.2) is 31.0 Å². The number of rotatable bonds is 7. The molecular weight excluding hydrogens is 272 g/mol. The van der Waals surface area contributed by atoms with E-state index in [1.807, 2.05) is 0 Å². The number of carbonyl (C=O) groups excluding carboxylic acids is 1. The summed E-state index contributed by atoms with van der Waals surface area (Å²) in [4.78, 5) is 12.1. The molecule has 20 heavy (non-hydrogen) atoms. The van der Waals surface area contributed by atoms with Crippen LogP contribution in [0.2, 0.25) is 0 Å². The molecule has 1 amide bonds. The summed E-state index contributed by atoms with van der Waals surface area (Å²) in [7, 11) is 0. The van der Waals surface area contributed by atoms with Crippen molar-refractivity contribution in [3.63, 3.8) is 0 Å².